The number of amides is 1. The van der Waals surface area contributed by atoms with Gasteiger partial charge in [0.1, 0.15) is 23.4 Å². The first-order valence-electron chi connectivity index (χ1n) is 11.6. The summed E-state index contributed by atoms with van der Waals surface area (Å²) in [6.07, 6.45) is 0.679. The van der Waals surface area contributed by atoms with E-state index in [0.717, 1.165) is 0 Å². The van der Waals surface area contributed by atoms with Crippen LogP contribution in [0.15, 0.2) is 65.7 Å². The van der Waals surface area contributed by atoms with Crippen molar-refractivity contribution in [3.63, 3.8) is 0 Å². The van der Waals surface area contributed by atoms with E-state index >= 15 is 0 Å². The van der Waals surface area contributed by atoms with Crippen LogP contribution in [0.3, 0.4) is 0 Å². The molecule has 1 amide bonds. The topological polar surface area (TPSA) is 105 Å². The van der Waals surface area contributed by atoms with Gasteiger partial charge in [-0.2, -0.15) is 0 Å². The fourth-order valence-corrected chi connectivity index (χ4v) is 5.35. The van der Waals surface area contributed by atoms with E-state index in [2.05, 4.69) is 15.0 Å². The van der Waals surface area contributed by atoms with Crippen molar-refractivity contribution in [1.82, 2.24) is 19.9 Å². The fraction of sp³-hybridized carbons (Fsp3) is 0.269. The van der Waals surface area contributed by atoms with E-state index in [1.165, 1.54) is 24.0 Å². The van der Waals surface area contributed by atoms with Gasteiger partial charge in [-0.1, -0.05) is 13.0 Å². The molecule has 36 heavy (non-hydrogen) atoms. The number of rotatable bonds is 6. The minimum Gasteiger partial charge on any atom is -0.457 e. The number of nitrogens with zero attached hydrogens (tertiary/aromatic N) is 3. The number of ether oxygens (including phenoxy) is 1. The highest BCUT2D eigenvalue weighted by molar-refractivity contribution is 7.91. The lowest BCUT2D eigenvalue weighted by atomic mass is 10.0. The number of hydrogen-bond donors (Lipinski definition) is 1. The van der Waals surface area contributed by atoms with Gasteiger partial charge in [0.2, 0.25) is 5.91 Å². The van der Waals surface area contributed by atoms with Gasteiger partial charge in [0.25, 0.3) is 0 Å². The van der Waals surface area contributed by atoms with E-state index in [9.17, 15) is 17.6 Å². The van der Waals surface area contributed by atoms with Crippen LogP contribution in [-0.4, -0.2) is 52.6 Å². The van der Waals surface area contributed by atoms with Gasteiger partial charge in [0.05, 0.1) is 34.3 Å². The number of imidazole rings is 1. The van der Waals surface area contributed by atoms with Crippen LogP contribution in [0.4, 0.5) is 4.39 Å². The van der Waals surface area contributed by atoms with Crippen molar-refractivity contribution >= 4 is 26.8 Å². The molecule has 2 aromatic carbocycles. The number of aromatic amines is 1. The molecule has 0 bridgehead atoms. The first-order valence-corrected chi connectivity index (χ1v) is 13.3. The third-order valence-electron chi connectivity index (χ3n) is 6.33. The number of sulfone groups is 1. The molecule has 5 rings (SSSR count). The zero-order valence-electron chi connectivity index (χ0n) is 19.8. The predicted molar refractivity (Wildman–Crippen MR) is 133 cm³/mol. The number of H-pyrrole nitrogens is 1. The summed E-state index contributed by atoms with van der Waals surface area (Å²) in [5.41, 5.74) is 2.62. The molecule has 1 aliphatic heterocycles. The van der Waals surface area contributed by atoms with Crippen molar-refractivity contribution in [2.24, 2.45) is 0 Å². The second kappa shape index (κ2) is 9.34. The Bertz CT molecular complexity index is 1520. The Balaban J connectivity index is 1.59. The number of benzene rings is 2. The molecule has 1 fully saturated rings. The third kappa shape index (κ3) is 4.56. The third-order valence-corrected chi connectivity index (χ3v) is 8.08. The molecule has 8 nitrogen and oxygen atoms in total. The Morgan fingerprint density at radius 3 is 2.64 bits per heavy atom. The Hall–Kier alpha value is -3.79. The fourth-order valence-electron chi connectivity index (χ4n) is 4.46. The molecule has 0 radical (unpaired) electrons. The molecule has 1 aliphatic rings. The number of pyridine rings is 1. The lowest BCUT2D eigenvalue weighted by Crippen LogP contribution is -2.29. The van der Waals surface area contributed by atoms with E-state index in [1.807, 2.05) is 24.3 Å². The van der Waals surface area contributed by atoms with Gasteiger partial charge < -0.3 is 14.6 Å². The van der Waals surface area contributed by atoms with Crippen LogP contribution in [0, 0.1) is 0 Å². The number of likely N-dealkylation sites (tertiary alicyclic amines) is 1. The van der Waals surface area contributed by atoms with Crippen LogP contribution in [-0.2, 0) is 14.6 Å². The van der Waals surface area contributed by atoms with Crippen molar-refractivity contribution in [3.8, 4) is 23.0 Å². The Kier molecular flexibility index (Phi) is 6.21. The zero-order chi connectivity index (χ0) is 25.4. The SMILES string of the molecule is CCS(=O)(=O)c1ccc(Oc2cc3nc(-c4ccccn4)[nH]c3cc2[C@H]2C[C@@H](F)CN2C(C)=O)cc1. The maximum atomic E-state index is 14.4. The average molecular weight is 509 g/mol. The van der Waals surface area contributed by atoms with Crippen LogP contribution in [0.25, 0.3) is 22.6 Å². The molecule has 2 atom stereocenters. The van der Waals surface area contributed by atoms with Crippen LogP contribution in [0.5, 0.6) is 11.5 Å². The van der Waals surface area contributed by atoms with E-state index in [4.69, 9.17) is 4.74 Å². The maximum Gasteiger partial charge on any atom is 0.220 e. The Morgan fingerprint density at radius 1 is 1.19 bits per heavy atom. The van der Waals surface area contributed by atoms with E-state index in [0.29, 0.717) is 39.6 Å². The van der Waals surface area contributed by atoms with E-state index < -0.39 is 22.1 Å². The summed E-state index contributed by atoms with van der Waals surface area (Å²) in [6.45, 7) is 3.03. The second-order valence-corrected chi connectivity index (χ2v) is 11.0. The molecule has 4 aromatic rings. The molecule has 1 N–H and O–H groups in total. The summed E-state index contributed by atoms with van der Waals surface area (Å²) >= 11 is 0. The molecule has 0 spiro atoms. The molecule has 186 valence electrons. The molecule has 1 saturated heterocycles. The van der Waals surface area contributed by atoms with Gasteiger partial charge in [-0.05, 0) is 42.5 Å². The lowest BCUT2D eigenvalue weighted by molar-refractivity contribution is -0.129. The largest absolute Gasteiger partial charge is 0.457 e. The standard InChI is InChI=1S/C26H25FN4O4S/c1-3-36(33,34)19-9-7-18(8-10-19)35-25-14-23-22(29-26(30-23)21-6-4-5-11-28-21)13-20(25)24-12-17(27)15-31(24)16(2)32/h4-11,13-14,17,24H,3,12,15H2,1-2H3,(H,29,30)/t17-,24-/m1/s1. The van der Waals surface area contributed by atoms with Crippen molar-refractivity contribution < 1.29 is 22.3 Å². The van der Waals surface area contributed by atoms with E-state index in [1.54, 1.807) is 31.3 Å². The molecule has 2 aromatic heterocycles. The number of halogens is 1. The van der Waals surface area contributed by atoms with Crippen molar-refractivity contribution in [3.05, 3.63) is 66.4 Å². The summed E-state index contributed by atoms with van der Waals surface area (Å²) in [5.74, 6) is 1.17. The Labute approximate surface area is 208 Å². The van der Waals surface area contributed by atoms with Gasteiger partial charge in [0, 0.05) is 31.2 Å². The number of hydrogen-bond acceptors (Lipinski definition) is 6. The molecule has 3 heterocycles. The van der Waals surface area contributed by atoms with Crippen LogP contribution in [0.2, 0.25) is 0 Å². The number of alkyl halides is 1. The summed E-state index contributed by atoms with van der Waals surface area (Å²) in [7, 11) is -3.35. The number of carbonyl (C=O) groups excluding carboxylic acids is 1. The monoisotopic (exact) mass is 508 g/mol. The molecule has 0 aliphatic carbocycles. The molecule has 0 saturated carbocycles. The van der Waals surface area contributed by atoms with Crippen LogP contribution < -0.4 is 4.74 Å². The molecular weight excluding hydrogens is 483 g/mol. The quantitative estimate of drug-likeness (QED) is 0.400. The van der Waals surface area contributed by atoms with Gasteiger partial charge in [-0.25, -0.2) is 17.8 Å². The summed E-state index contributed by atoms with van der Waals surface area (Å²) in [4.78, 5) is 26.2. The number of nitrogens with one attached hydrogen (secondary N) is 1. The number of fused-ring (bicyclic) bond motifs is 1. The van der Waals surface area contributed by atoms with Gasteiger partial charge in [-0.15, -0.1) is 0 Å². The highest BCUT2D eigenvalue weighted by Crippen LogP contribution is 2.41. The highest BCUT2D eigenvalue weighted by Gasteiger charge is 2.37. The number of carbonyl (C=O) groups is 1. The molecule has 10 heteroatoms. The van der Waals surface area contributed by atoms with E-state index in [-0.39, 0.29) is 29.5 Å². The maximum absolute atomic E-state index is 14.4. The summed E-state index contributed by atoms with van der Waals surface area (Å²) in [5, 5.41) is 0. The molecule has 0 unspecified atom stereocenters. The minimum absolute atomic E-state index is 0.00125. The van der Waals surface area contributed by atoms with Gasteiger partial charge in [0.15, 0.2) is 15.7 Å². The predicted octanol–water partition coefficient (Wildman–Crippen LogP) is 4.84. The van der Waals surface area contributed by atoms with Crippen LogP contribution >= 0.6 is 0 Å². The van der Waals surface area contributed by atoms with Crippen LogP contribution in [0.1, 0.15) is 31.9 Å². The van der Waals surface area contributed by atoms with Gasteiger partial charge >= 0.3 is 0 Å². The van der Waals surface area contributed by atoms with Gasteiger partial charge in [-0.3, -0.25) is 9.78 Å². The average Bonchev–Trinajstić information content (AvgIpc) is 3.47. The first-order chi connectivity index (χ1) is 17.2. The first kappa shape index (κ1) is 23.9. The zero-order valence-corrected chi connectivity index (χ0v) is 20.6. The smallest absolute Gasteiger partial charge is 0.220 e. The highest BCUT2D eigenvalue weighted by atomic mass is 32.2. The number of aromatic nitrogens is 3. The second-order valence-electron chi connectivity index (χ2n) is 8.70. The summed E-state index contributed by atoms with van der Waals surface area (Å²) < 4.78 is 45.0. The van der Waals surface area contributed by atoms with Crippen molar-refractivity contribution in [2.45, 2.75) is 37.4 Å². The van der Waals surface area contributed by atoms with Crippen molar-refractivity contribution in [2.75, 3.05) is 12.3 Å². The Morgan fingerprint density at radius 2 is 1.97 bits per heavy atom. The summed E-state index contributed by atoms with van der Waals surface area (Å²) in [6, 6.07) is 14.7. The lowest BCUT2D eigenvalue weighted by Gasteiger charge is -2.25. The normalized spacial score (nSPS) is 18.0. The molecular formula is C26H25FN4O4S. The van der Waals surface area contributed by atoms with Crippen molar-refractivity contribution in [1.29, 1.82) is 0 Å². The minimum atomic E-state index is -3.35.